The van der Waals surface area contributed by atoms with Crippen molar-refractivity contribution in [2.45, 2.75) is 20.3 Å². The molecule has 4 aromatic rings. The Hall–Kier alpha value is -4.26. The summed E-state index contributed by atoms with van der Waals surface area (Å²) < 4.78 is 0. The third-order valence-corrected chi connectivity index (χ3v) is 5.06. The first-order chi connectivity index (χ1) is 15.5. The summed E-state index contributed by atoms with van der Waals surface area (Å²) >= 11 is 0. The van der Waals surface area contributed by atoms with Gasteiger partial charge in [-0.2, -0.15) is 0 Å². The van der Waals surface area contributed by atoms with Crippen LogP contribution in [0.4, 0.5) is 5.69 Å². The number of fused-ring (bicyclic) bond motifs is 1. The zero-order chi connectivity index (χ0) is 22.7. The van der Waals surface area contributed by atoms with Crippen LogP contribution in [0.3, 0.4) is 0 Å². The van der Waals surface area contributed by atoms with Crippen molar-refractivity contribution >= 4 is 34.7 Å². The highest BCUT2D eigenvalue weighted by Gasteiger charge is 2.19. The van der Waals surface area contributed by atoms with Crippen LogP contribution in [-0.4, -0.2) is 31.9 Å². The number of H-pyrrole nitrogens is 1. The number of benzene rings is 2. The van der Waals surface area contributed by atoms with Crippen molar-refractivity contribution in [1.29, 1.82) is 0 Å². The maximum Gasteiger partial charge on any atom is 0.338 e. The first kappa shape index (κ1) is 21.0. The maximum absolute atomic E-state index is 12.7. The van der Waals surface area contributed by atoms with E-state index < -0.39 is 5.97 Å². The number of aromatic amines is 1. The fourth-order valence-electron chi connectivity index (χ4n) is 3.45. The number of carbonyl (C=O) groups excluding carboxylic acids is 1. The van der Waals surface area contributed by atoms with Crippen LogP contribution in [-0.2, 0) is 11.2 Å². The quantitative estimate of drug-likeness (QED) is 0.379. The van der Waals surface area contributed by atoms with Gasteiger partial charge >= 0.3 is 5.97 Å². The number of carbonyl (C=O) groups is 2. The molecule has 1 amide bonds. The van der Waals surface area contributed by atoms with Crippen LogP contribution in [0.25, 0.3) is 28.4 Å². The molecule has 4 rings (SSSR count). The molecule has 0 aliphatic carbocycles. The molecule has 0 aliphatic heterocycles. The molecule has 32 heavy (non-hydrogen) atoms. The van der Waals surface area contributed by atoms with Crippen molar-refractivity contribution in [3.05, 3.63) is 83.3 Å². The lowest BCUT2D eigenvalue weighted by atomic mass is 10.0. The number of hydrogen-bond donors (Lipinski definition) is 3. The van der Waals surface area contributed by atoms with E-state index in [0.717, 1.165) is 5.56 Å². The predicted molar refractivity (Wildman–Crippen MR) is 124 cm³/mol. The molecule has 0 saturated heterocycles. The Labute approximate surface area is 184 Å². The highest BCUT2D eigenvalue weighted by Crippen LogP contribution is 2.30. The number of nitrogens with one attached hydrogen (secondary N) is 2. The van der Waals surface area contributed by atoms with E-state index in [-0.39, 0.29) is 11.5 Å². The van der Waals surface area contributed by atoms with Crippen LogP contribution in [0.2, 0.25) is 0 Å². The monoisotopic (exact) mass is 426 g/mol. The molecule has 0 aliphatic rings. The number of carboxylic acid groups (broad SMARTS) is 1. The number of amides is 1. The van der Waals surface area contributed by atoms with E-state index in [4.69, 9.17) is 0 Å². The highest BCUT2D eigenvalue weighted by atomic mass is 16.4. The average molecular weight is 426 g/mol. The Balaban J connectivity index is 1.70. The molecular weight excluding hydrogens is 404 g/mol. The van der Waals surface area contributed by atoms with E-state index >= 15 is 0 Å². The fraction of sp³-hybridized carbons (Fsp3) is 0.120. The second kappa shape index (κ2) is 8.85. The summed E-state index contributed by atoms with van der Waals surface area (Å²) in [7, 11) is 0. The minimum Gasteiger partial charge on any atom is -0.478 e. The van der Waals surface area contributed by atoms with E-state index in [1.54, 1.807) is 25.1 Å². The summed E-state index contributed by atoms with van der Waals surface area (Å²) in [6.45, 7) is 3.69. The van der Waals surface area contributed by atoms with E-state index in [2.05, 4.69) is 20.3 Å². The van der Waals surface area contributed by atoms with Gasteiger partial charge in [0.15, 0.2) is 0 Å². The SMILES string of the molecule is CCc1nc(-c2cccc(NC(=O)/C(C)=C/c3ccccc3)c2)c2c(C(=O)O)c[nH]c2n1. The second-order valence-electron chi connectivity index (χ2n) is 7.35. The molecule has 0 unspecified atom stereocenters. The molecule has 160 valence electrons. The molecule has 0 atom stereocenters. The van der Waals surface area contributed by atoms with Gasteiger partial charge < -0.3 is 15.4 Å². The van der Waals surface area contributed by atoms with Gasteiger partial charge in [-0.3, -0.25) is 4.79 Å². The van der Waals surface area contributed by atoms with Crippen LogP contribution >= 0.6 is 0 Å². The highest BCUT2D eigenvalue weighted by molar-refractivity contribution is 6.09. The lowest BCUT2D eigenvalue weighted by Gasteiger charge is -2.10. The van der Waals surface area contributed by atoms with E-state index in [0.29, 0.717) is 45.8 Å². The Morgan fingerprint density at radius 2 is 1.88 bits per heavy atom. The molecule has 0 fully saturated rings. The normalized spacial score (nSPS) is 11.5. The fourth-order valence-corrected chi connectivity index (χ4v) is 3.45. The van der Waals surface area contributed by atoms with E-state index in [9.17, 15) is 14.7 Å². The van der Waals surface area contributed by atoms with Crippen LogP contribution in [0.5, 0.6) is 0 Å². The van der Waals surface area contributed by atoms with Crippen molar-refractivity contribution in [2.75, 3.05) is 5.32 Å². The van der Waals surface area contributed by atoms with Gasteiger partial charge in [-0.05, 0) is 30.7 Å². The summed E-state index contributed by atoms with van der Waals surface area (Å²) in [6, 6.07) is 16.8. The van der Waals surface area contributed by atoms with Gasteiger partial charge in [-0.25, -0.2) is 14.8 Å². The van der Waals surface area contributed by atoms with Gasteiger partial charge in [0.1, 0.15) is 11.5 Å². The summed E-state index contributed by atoms with van der Waals surface area (Å²) in [4.78, 5) is 36.3. The summed E-state index contributed by atoms with van der Waals surface area (Å²) in [5, 5.41) is 12.9. The molecule has 0 radical (unpaired) electrons. The van der Waals surface area contributed by atoms with Crippen LogP contribution in [0, 0.1) is 0 Å². The molecule has 2 heterocycles. The van der Waals surface area contributed by atoms with E-state index in [1.807, 2.05) is 49.4 Å². The van der Waals surface area contributed by atoms with Crippen molar-refractivity contribution in [3.8, 4) is 11.3 Å². The zero-order valence-corrected chi connectivity index (χ0v) is 17.7. The van der Waals surface area contributed by atoms with Crippen molar-refractivity contribution in [2.24, 2.45) is 0 Å². The number of anilines is 1. The van der Waals surface area contributed by atoms with Crippen LogP contribution < -0.4 is 5.32 Å². The van der Waals surface area contributed by atoms with Crippen molar-refractivity contribution in [1.82, 2.24) is 15.0 Å². The number of aromatic nitrogens is 3. The molecule has 0 saturated carbocycles. The van der Waals surface area contributed by atoms with Crippen LogP contribution in [0.1, 0.15) is 35.6 Å². The molecule has 7 heteroatoms. The largest absolute Gasteiger partial charge is 0.478 e. The van der Waals surface area contributed by atoms with Crippen molar-refractivity contribution in [3.63, 3.8) is 0 Å². The van der Waals surface area contributed by atoms with Gasteiger partial charge in [-0.1, -0.05) is 49.4 Å². The van der Waals surface area contributed by atoms with E-state index in [1.165, 1.54) is 6.20 Å². The molecule has 7 nitrogen and oxygen atoms in total. The minimum absolute atomic E-state index is 0.105. The lowest BCUT2D eigenvalue weighted by Crippen LogP contribution is -2.12. The molecule has 3 N–H and O–H groups in total. The zero-order valence-electron chi connectivity index (χ0n) is 17.7. The van der Waals surface area contributed by atoms with Gasteiger partial charge in [0.05, 0.1) is 16.6 Å². The van der Waals surface area contributed by atoms with Crippen LogP contribution in [0.15, 0.2) is 66.4 Å². The first-order valence-corrected chi connectivity index (χ1v) is 10.2. The number of aryl methyl sites for hydroxylation is 1. The molecule has 2 aromatic heterocycles. The third-order valence-electron chi connectivity index (χ3n) is 5.06. The maximum atomic E-state index is 12.7. The molecule has 2 aromatic carbocycles. The third kappa shape index (κ3) is 4.27. The topological polar surface area (TPSA) is 108 Å². The second-order valence-corrected chi connectivity index (χ2v) is 7.35. The number of carboxylic acids is 1. The number of hydrogen-bond acceptors (Lipinski definition) is 4. The summed E-state index contributed by atoms with van der Waals surface area (Å²) in [5.74, 6) is -0.681. The lowest BCUT2D eigenvalue weighted by molar-refractivity contribution is -0.112. The minimum atomic E-state index is -1.06. The smallest absolute Gasteiger partial charge is 0.338 e. The Kier molecular flexibility index (Phi) is 5.81. The predicted octanol–water partition coefficient (Wildman–Crippen LogP) is 4.93. The molecule has 0 spiro atoms. The van der Waals surface area contributed by atoms with Gasteiger partial charge in [0.25, 0.3) is 5.91 Å². The summed E-state index contributed by atoms with van der Waals surface area (Å²) in [6.07, 6.45) is 3.85. The Bertz CT molecular complexity index is 1340. The van der Waals surface area contributed by atoms with Gasteiger partial charge in [0, 0.05) is 29.4 Å². The summed E-state index contributed by atoms with van der Waals surface area (Å²) in [5.41, 5.74) is 3.88. The Morgan fingerprint density at radius 3 is 2.59 bits per heavy atom. The van der Waals surface area contributed by atoms with Gasteiger partial charge in [-0.15, -0.1) is 0 Å². The Morgan fingerprint density at radius 1 is 1.09 bits per heavy atom. The van der Waals surface area contributed by atoms with Gasteiger partial charge in [0.2, 0.25) is 0 Å². The molecule has 0 bridgehead atoms. The standard InChI is InChI=1S/C25H22N4O3/c1-3-20-28-22(21-19(25(31)32)14-26-23(21)29-20)17-10-7-11-18(13-17)27-24(30)15(2)12-16-8-5-4-6-9-16/h4-14H,3H2,1-2H3,(H,27,30)(H,31,32)(H,26,28,29)/b15-12+. The van der Waals surface area contributed by atoms with Crippen molar-refractivity contribution < 1.29 is 14.7 Å². The molecular formula is C25H22N4O3. The number of rotatable bonds is 6. The number of aromatic carboxylic acids is 1. The average Bonchev–Trinajstić information content (AvgIpc) is 3.23. The first-order valence-electron chi connectivity index (χ1n) is 10.2. The number of nitrogens with zero attached hydrogens (tertiary/aromatic N) is 2.